The van der Waals surface area contributed by atoms with Crippen molar-refractivity contribution in [3.63, 3.8) is 0 Å². The van der Waals surface area contributed by atoms with Gasteiger partial charge in [-0.2, -0.15) is 0 Å². The monoisotopic (exact) mass is 410 g/mol. The van der Waals surface area contributed by atoms with Gasteiger partial charge in [-0.25, -0.2) is 4.39 Å². The topological polar surface area (TPSA) is 41.6 Å². The first kappa shape index (κ1) is 21.0. The summed E-state index contributed by atoms with van der Waals surface area (Å²) in [6.45, 7) is 5.73. The molecule has 1 unspecified atom stereocenters. The summed E-state index contributed by atoms with van der Waals surface area (Å²) in [5, 5.41) is 2.90. The second kappa shape index (κ2) is 9.27. The molecule has 2 aromatic carbocycles. The summed E-state index contributed by atoms with van der Waals surface area (Å²) in [5.74, 6) is -0.644. The largest absolute Gasteiger partial charge is 0.370 e. The predicted octanol–water partition coefficient (Wildman–Crippen LogP) is 4.33. The van der Waals surface area contributed by atoms with Gasteiger partial charge in [0, 0.05) is 31.7 Å². The van der Waals surface area contributed by atoms with E-state index in [2.05, 4.69) is 41.4 Å². The molecule has 2 aromatic rings. The van der Waals surface area contributed by atoms with E-state index >= 15 is 0 Å². The fourth-order valence-electron chi connectivity index (χ4n) is 4.60. The Bertz CT molecular complexity index is 860. The van der Waals surface area contributed by atoms with Gasteiger partial charge in [-0.15, -0.1) is 0 Å². The van der Waals surface area contributed by atoms with Crippen molar-refractivity contribution in [2.24, 2.45) is 0 Å². The average molecular weight is 411 g/mol. The van der Waals surface area contributed by atoms with Crippen molar-refractivity contribution in [3.05, 3.63) is 71.0 Å². The van der Waals surface area contributed by atoms with Crippen molar-refractivity contribution in [3.8, 4) is 0 Å². The predicted molar refractivity (Wildman–Crippen MR) is 116 cm³/mol. The van der Waals surface area contributed by atoms with Gasteiger partial charge in [0.2, 0.25) is 0 Å². The van der Waals surface area contributed by atoms with Gasteiger partial charge in [0.1, 0.15) is 5.82 Å². The zero-order valence-corrected chi connectivity index (χ0v) is 17.7. The number of amides is 1. The minimum absolute atomic E-state index is 0.0376. The van der Waals surface area contributed by atoms with Crippen LogP contribution in [-0.4, -0.2) is 42.1 Å². The van der Waals surface area contributed by atoms with Crippen LogP contribution in [0.4, 0.5) is 4.39 Å². The van der Waals surface area contributed by atoms with E-state index in [1.807, 2.05) is 0 Å². The quantitative estimate of drug-likeness (QED) is 0.771. The molecule has 30 heavy (non-hydrogen) atoms. The van der Waals surface area contributed by atoms with Crippen molar-refractivity contribution in [2.45, 2.75) is 57.3 Å². The number of carbonyl (C=O) groups excluding carboxylic acids is 1. The molecule has 1 N–H and O–H groups in total. The van der Waals surface area contributed by atoms with E-state index in [1.54, 1.807) is 12.1 Å². The molecule has 2 aliphatic rings. The number of halogens is 1. The van der Waals surface area contributed by atoms with Crippen molar-refractivity contribution in [1.29, 1.82) is 0 Å². The van der Waals surface area contributed by atoms with Crippen LogP contribution in [0.15, 0.2) is 48.5 Å². The molecule has 160 valence electrons. The second-order valence-electron chi connectivity index (χ2n) is 8.63. The Labute approximate surface area is 178 Å². The highest BCUT2D eigenvalue weighted by Crippen LogP contribution is 2.39. The number of nitrogens with one attached hydrogen (secondary N) is 1. The third-order valence-corrected chi connectivity index (χ3v) is 6.52. The summed E-state index contributed by atoms with van der Waals surface area (Å²) < 4.78 is 19.7. The SMILES string of the molecule is CCc1ccc(CN2CCC3(CCC(CNC(=O)c4cccc(F)c4)O3)CC2)cc1. The van der Waals surface area contributed by atoms with Gasteiger partial charge < -0.3 is 10.1 Å². The van der Waals surface area contributed by atoms with Gasteiger partial charge >= 0.3 is 0 Å². The number of ether oxygens (including phenoxy) is 1. The molecule has 4 nitrogen and oxygen atoms in total. The van der Waals surface area contributed by atoms with Crippen LogP contribution in [0, 0.1) is 5.82 Å². The summed E-state index contributed by atoms with van der Waals surface area (Å²) in [5.41, 5.74) is 3.05. The first-order valence-electron chi connectivity index (χ1n) is 11.1. The summed E-state index contributed by atoms with van der Waals surface area (Å²) in [6, 6.07) is 14.7. The smallest absolute Gasteiger partial charge is 0.251 e. The Kier molecular flexibility index (Phi) is 6.49. The number of aryl methyl sites for hydroxylation is 1. The Morgan fingerprint density at radius 3 is 2.57 bits per heavy atom. The third-order valence-electron chi connectivity index (χ3n) is 6.52. The van der Waals surface area contributed by atoms with Crippen LogP contribution in [0.2, 0.25) is 0 Å². The fraction of sp³-hybridized carbons (Fsp3) is 0.480. The number of hydrogen-bond acceptors (Lipinski definition) is 3. The Morgan fingerprint density at radius 1 is 1.13 bits per heavy atom. The van der Waals surface area contributed by atoms with Crippen molar-refractivity contribution >= 4 is 5.91 Å². The molecule has 1 amide bonds. The molecule has 2 aliphatic heterocycles. The minimum atomic E-state index is -0.396. The van der Waals surface area contributed by atoms with Gasteiger partial charge in [-0.3, -0.25) is 9.69 Å². The second-order valence-corrected chi connectivity index (χ2v) is 8.63. The zero-order chi connectivity index (χ0) is 21.0. The lowest BCUT2D eigenvalue weighted by Crippen LogP contribution is -2.44. The lowest BCUT2D eigenvalue weighted by molar-refractivity contribution is -0.0764. The lowest BCUT2D eigenvalue weighted by atomic mass is 9.88. The van der Waals surface area contributed by atoms with Gasteiger partial charge in [0.25, 0.3) is 5.91 Å². The summed E-state index contributed by atoms with van der Waals surface area (Å²) in [6.07, 6.45) is 5.20. The van der Waals surface area contributed by atoms with Crippen LogP contribution in [-0.2, 0) is 17.7 Å². The van der Waals surface area contributed by atoms with Crippen molar-refractivity contribution in [2.75, 3.05) is 19.6 Å². The maximum atomic E-state index is 13.3. The first-order valence-corrected chi connectivity index (χ1v) is 11.1. The number of benzene rings is 2. The van der Waals surface area contributed by atoms with E-state index in [-0.39, 0.29) is 17.6 Å². The zero-order valence-electron chi connectivity index (χ0n) is 17.7. The maximum absolute atomic E-state index is 13.3. The van der Waals surface area contributed by atoms with Crippen LogP contribution >= 0.6 is 0 Å². The van der Waals surface area contributed by atoms with E-state index in [4.69, 9.17) is 4.74 Å². The highest BCUT2D eigenvalue weighted by Gasteiger charge is 2.42. The summed E-state index contributed by atoms with van der Waals surface area (Å²) >= 11 is 0. The molecular weight excluding hydrogens is 379 g/mol. The van der Waals surface area contributed by atoms with E-state index in [0.717, 1.165) is 51.7 Å². The van der Waals surface area contributed by atoms with E-state index in [1.165, 1.54) is 23.3 Å². The van der Waals surface area contributed by atoms with Crippen LogP contribution < -0.4 is 5.32 Å². The molecule has 2 saturated heterocycles. The highest BCUT2D eigenvalue weighted by atomic mass is 19.1. The van der Waals surface area contributed by atoms with Gasteiger partial charge in [-0.1, -0.05) is 37.3 Å². The maximum Gasteiger partial charge on any atom is 0.251 e. The molecule has 4 rings (SSSR count). The van der Waals surface area contributed by atoms with E-state index in [9.17, 15) is 9.18 Å². The summed E-state index contributed by atoms with van der Waals surface area (Å²) in [7, 11) is 0. The molecule has 1 atom stereocenters. The number of rotatable bonds is 6. The van der Waals surface area contributed by atoms with Crippen LogP contribution in [0.1, 0.15) is 54.1 Å². The van der Waals surface area contributed by atoms with Crippen molar-refractivity contribution in [1.82, 2.24) is 10.2 Å². The van der Waals surface area contributed by atoms with Gasteiger partial charge in [0.05, 0.1) is 11.7 Å². The first-order chi connectivity index (χ1) is 14.5. The third kappa shape index (κ3) is 5.08. The van der Waals surface area contributed by atoms with Crippen molar-refractivity contribution < 1.29 is 13.9 Å². The number of carbonyl (C=O) groups is 1. The number of hydrogen-bond donors (Lipinski definition) is 1. The molecular formula is C25H31FN2O2. The highest BCUT2D eigenvalue weighted by molar-refractivity contribution is 5.94. The normalized spacial score (nSPS) is 21.1. The van der Waals surface area contributed by atoms with Crippen LogP contribution in [0.3, 0.4) is 0 Å². The summed E-state index contributed by atoms with van der Waals surface area (Å²) in [4.78, 5) is 14.7. The Morgan fingerprint density at radius 2 is 1.87 bits per heavy atom. The Balaban J connectivity index is 1.23. The van der Waals surface area contributed by atoms with Gasteiger partial charge in [-0.05, 0) is 61.4 Å². The van der Waals surface area contributed by atoms with E-state index < -0.39 is 5.82 Å². The molecule has 0 aliphatic carbocycles. The Hall–Kier alpha value is -2.24. The van der Waals surface area contributed by atoms with Gasteiger partial charge in [0.15, 0.2) is 0 Å². The number of nitrogens with zero attached hydrogens (tertiary/aromatic N) is 1. The molecule has 0 saturated carbocycles. The molecule has 0 bridgehead atoms. The molecule has 1 spiro atoms. The number of likely N-dealkylation sites (tertiary alicyclic amines) is 1. The minimum Gasteiger partial charge on any atom is -0.370 e. The fourth-order valence-corrected chi connectivity index (χ4v) is 4.60. The molecule has 0 aromatic heterocycles. The molecule has 0 radical (unpaired) electrons. The van der Waals surface area contributed by atoms with Crippen LogP contribution in [0.25, 0.3) is 0 Å². The molecule has 5 heteroatoms. The average Bonchev–Trinajstić information content (AvgIpc) is 3.17. The van der Waals surface area contributed by atoms with Crippen LogP contribution in [0.5, 0.6) is 0 Å². The van der Waals surface area contributed by atoms with E-state index in [0.29, 0.717) is 12.1 Å². The lowest BCUT2D eigenvalue weighted by Gasteiger charge is -2.39. The molecule has 2 fully saturated rings. The molecule has 2 heterocycles. The number of piperidine rings is 1. The standard InChI is InChI=1S/C25H31FN2O2/c1-2-19-6-8-20(9-7-19)18-28-14-12-25(13-15-28)11-10-23(30-25)17-27-24(29)21-4-3-5-22(26)16-21/h3-9,16,23H,2,10-15,17-18H2,1H3,(H,27,29).